The maximum Gasteiger partial charge on any atom is 0.146 e. The number of ether oxygens (including phenoxy) is 1. The maximum atomic E-state index is 13.4. The molecule has 1 aromatic rings. The molecule has 2 nitrogen and oxygen atoms in total. The summed E-state index contributed by atoms with van der Waals surface area (Å²) in [6.07, 6.45) is 1.96. The van der Waals surface area contributed by atoms with Crippen LogP contribution in [-0.2, 0) is 0 Å². The fraction of sp³-hybridized carbons (Fsp3) is 0.500. The first kappa shape index (κ1) is 11.8. The van der Waals surface area contributed by atoms with Crippen LogP contribution in [0.4, 0.5) is 10.1 Å². The van der Waals surface area contributed by atoms with E-state index in [0.717, 1.165) is 12.8 Å². The molecule has 0 heterocycles. The number of anilines is 1. The molecule has 0 radical (unpaired) electrons. The summed E-state index contributed by atoms with van der Waals surface area (Å²) in [5.74, 6) is 0.438. The van der Waals surface area contributed by atoms with E-state index in [1.54, 1.807) is 19.2 Å². The molecule has 1 aromatic carbocycles. The zero-order valence-corrected chi connectivity index (χ0v) is 9.51. The summed E-state index contributed by atoms with van der Waals surface area (Å²) in [6.45, 7) is 4.17. The van der Waals surface area contributed by atoms with Gasteiger partial charge in [0, 0.05) is 12.1 Å². The average Bonchev–Trinajstić information content (AvgIpc) is 2.28. The van der Waals surface area contributed by atoms with Gasteiger partial charge in [-0.2, -0.15) is 0 Å². The van der Waals surface area contributed by atoms with Crippen molar-refractivity contribution in [3.8, 4) is 5.75 Å². The second kappa shape index (κ2) is 5.59. The smallest absolute Gasteiger partial charge is 0.146 e. The molecule has 0 aliphatic carbocycles. The Morgan fingerprint density at radius 2 is 2.00 bits per heavy atom. The first-order valence-corrected chi connectivity index (χ1v) is 5.31. The Bertz CT molecular complexity index is 310. The molecule has 0 atom stereocenters. The molecule has 0 bridgehead atoms. The van der Waals surface area contributed by atoms with E-state index >= 15 is 0 Å². The highest BCUT2D eigenvalue weighted by atomic mass is 19.1. The van der Waals surface area contributed by atoms with Crippen LogP contribution in [0.1, 0.15) is 26.7 Å². The van der Waals surface area contributed by atoms with Gasteiger partial charge in [0.2, 0.25) is 0 Å². The Balaban J connectivity index is 2.82. The van der Waals surface area contributed by atoms with Crippen LogP contribution in [0.5, 0.6) is 5.75 Å². The van der Waals surface area contributed by atoms with Crippen molar-refractivity contribution in [3.63, 3.8) is 0 Å². The van der Waals surface area contributed by atoms with Gasteiger partial charge in [-0.1, -0.05) is 13.8 Å². The van der Waals surface area contributed by atoms with Crippen molar-refractivity contribution in [2.24, 2.45) is 0 Å². The van der Waals surface area contributed by atoms with Gasteiger partial charge >= 0.3 is 0 Å². The summed E-state index contributed by atoms with van der Waals surface area (Å²) < 4.78 is 18.5. The third-order valence-electron chi connectivity index (χ3n) is 2.52. The molecular weight excluding hydrogens is 193 g/mol. The lowest BCUT2D eigenvalue weighted by Crippen LogP contribution is -2.17. The maximum absolute atomic E-state index is 13.4. The van der Waals surface area contributed by atoms with E-state index in [9.17, 15) is 4.39 Å². The summed E-state index contributed by atoms with van der Waals surface area (Å²) >= 11 is 0. The van der Waals surface area contributed by atoms with Gasteiger partial charge in [-0.3, -0.25) is 0 Å². The average molecular weight is 211 g/mol. The van der Waals surface area contributed by atoms with Gasteiger partial charge in [0.1, 0.15) is 11.6 Å². The molecule has 1 N–H and O–H groups in total. The van der Waals surface area contributed by atoms with E-state index in [4.69, 9.17) is 4.74 Å². The molecule has 0 aliphatic heterocycles. The molecule has 0 fully saturated rings. The summed E-state index contributed by atoms with van der Waals surface area (Å²) in [7, 11) is 1.58. The van der Waals surface area contributed by atoms with Crippen LogP contribution < -0.4 is 10.1 Å². The number of benzene rings is 1. The van der Waals surface area contributed by atoms with Gasteiger partial charge < -0.3 is 10.1 Å². The van der Waals surface area contributed by atoms with Crippen LogP contribution in [0, 0.1) is 5.82 Å². The zero-order valence-electron chi connectivity index (χ0n) is 9.51. The Kier molecular flexibility index (Phi) is 4.40. The molecule has 0 aromatic heterocycles. The van der Waals surface area contributed by atoms with E-state index < -0.39 is 0 Å². The van der Waals surface area contributed by atoms with Crippen LogP contribution in [0.25, 0.3) is 0 Å². The number of halogens is 1. The molecular formula is C12H18FNO. The van der Waals surface area contributed by atoms with E-state index in [1.165, 1.54) is 6.07 Å². The standard InChI is InChI=1S/C12H18FNO/c1-4-9(5-2)14-12-8-10(15-3)6-7-11(12)13/h6-9,14H,4-5H2,1-3H3. The second-order valence-electron chi connectivity index (χ2n) is 3.50. The van der Waals surface area contributed by atoms with Crippen LogP contribution in [0.2, 0.25) is 0 Å². The first-order valence-electron chi connectivity index (χ1n) is 5.31. The van der Waals surface area contributed by atoms with Crippen molar-refractivity contribution in [1.29, 1.82) is 0 Å². The summed E-state index contributed by atoms with van der Waals surface area (Å²) in [5, 5.41) is 3.17. The molecule has 3 heteroatoms. The van der Waals surface area contributed by atoms with Gasteiger partial charge in [-0.05, 0) is 25.0 Å². The molecule has 0 saturated carbocycles. The molecule has 1 rings (SSSR count). The minimum Gasteiger partial charge on any atom is -0.497 e. The SMILES string of the molecule is CCC(CC)Nc1cc(OC)ccc1F. The summed E-state index contributed by atoms with van der Waals surface area (Å²) in [5.41, 5.74) is 0.517. The second-order valence-corrected chi connectivity index (χ2v) is 3.50. The Morgan fingerprint density at radius 1 is 1.33 bits per heavy atom. The minimum absolute atomic E-state index is 0.234. The first-order chi connectivity index (χ1) is 7.21. The highest BCUT2D eigenvalue weighted by Gasteiger charge is 2.08. The molecule has 0 unspecified atom stereocenters. The lowest BCUT2D eigenvalue weighted by Gasteiger charge is -2.17. The third-order valence-corrected chi connectivity index (χ3v) is 2.52. The normalized spacial score (nSPS) is 10.5. The quantitative estimate of drug-likeness (QED) is 0.805. The fourth-order valence-electron chi connectivity index (χ4n) is 1.45. The van der Waals surface area contributed by atoms with Crippen molar-refractivity contribution in [1.82, 2.24) is 0 Å². The predicted molar refractivity (Wildman–Crippen MR) is 60.9 cm³/mol. The van der Waals surface area contributed by atoms with Gasteiger partial charge in [0.15, 0.2) is 0 Å². The number of hydrogen-bond donors (Lipinski definition) is 1. The molecule has 0 amide bonds. The molecule has 0 spiro atoms. The van der Waals surface area contributed by atoms with E-state index in [1.807, 2.05) is 0 Å². The summed E-state index contributed by atoms with van der Waals surface area (Å²) in [4.78, 5) is 0. The lowest BCUT2D eigenvalue weighted by atomic mass is 10.1. The van der Waals surface area contributed by atoms with Crippen LogP contribution in [0.3, 0.4) is 0 Å². The fourth-order valence-corrected chi connectivity index (χ4v) is 1.45. The number of hydrogen-bond acceptors (Lipinski definition) is 2. The zero-order chi connectivity index (χ0) is 11.3. The minimum atomic E-state index is -0.234. The largest absolute Gasteiger partial charge is 0.497 e. The van der Waals surface area contributed by atoms with E-state index in [0.29, 0.717) is 17.5 Å². The predicted octanol–water partition coefficient (Wildman–Crippen LogP) is 3.43. The Morgan fingerprint density at radius 3 is 2.53 bits per heavy atom. The van der Waals surface area contributed by atoms with Gasteiger partial charge in [-0.15, -0.1) is 0 Å². The van der Waals surface area contributed by atoms with Crippen LogP contribution in [-0.4, -0.2) is 13.2 Å². The van der Waals surface area contributed by atoms with Gasteiger partial charge in [0.25, 0.3) is 0 Å². The molecule has 15 heavy (non-hydrogen) atoms. The van der Waals surface area contributed by atoms with E-state index in [-0.39, 0.29) is 5.82 Å². The highest BCUT2D eigenvalue weighted by Crippen LogP contribution is 2.22. The number of rotatable bonds is 5. The van der Waals surface area contributed by atoms with Crippen molar-refractivity contribution in [2.75, 3.05) is 12.4 Å². The van der Waals surface area contributed by atoms with Crippen LogP contribution >= 0.6 is 0 Å². The number of methoxy groups -OCH3 is 1. The topological polar surface area (TPSA) is 21.3 Å². The van der Waals surface area contributed by atoms with Crippen molar-refractivity contribution in [3.05, 3.63) is 24.0 Å². The van der Waals surface area contributed by atoms with Crippen molar-refractivity contribution in [2.45, 2.75) is 32.7 Å². The van der Waals surface area contributed by atoms with Crippen molar-refractivity contribution >= 4 is 5.69 Å². The van der Waals surface area contributed by atoms with Gasteiger partial charge in [0.05, 0.1) is 12.8 Å². The third kappa shape index (κ3) is 3.11. The Hall–Kier alpha value is -1.25. The lowest BCUT2D eigenvalue weighted by molar-refractivity contribution is 0.414. The van der Waals surface area contributed by atoms with Crippen LogP contribution in [0.15, 0.2) is 18.2 Å². The van der Waals surface area contributed by atoms with E-state index in [2.05, 4.69) is 19.2 Å². The highest BCUT2D eigenvalue weighted by molar-refractivity contribution is 5.50. The van der Waals surface area contributed by atoms with Gasteiger partial charge in [-0.25, -0.2) is 4.39 Å². The molecule has 0 saturated heterocycles. The summed E-state index contributed by atoms with van der Waals surface area (Å²) in [6, 6.07) is 5.04. The molecule has 0 aliphatic rings. The Labute approximate surface area is 90.4 Å². The molecule has 84 valence electrons. The monoisotopic (exact) mass is 211 g/mol. The number of nitrogens with one attached hydrogen (secondary N) is 1. The van der Waals surface area contributed by atoms with Crippen molar-refractivity contribution < 1.29 is 9.13 Å².